The Morgan fingerprint density at radius 1 is 1.00 bits per heavy atom. The third-order valence-electron chi connectivity index (χ3n) is 11.6. The fraction of sp³-hybridized carbons (Fsp3) is 0.781. The zero-order valence-electron chi connectivity index (χ0n) is 22.7. The van der Waals surface area contributed by atoms with Crippen LogP contribution in [0.2, 0.25) is 0 Å². The molecular weight excluding hydrogens is 448 g/mol. The average molecular weight is 497 g/mol. The molecule has 0 spiro atoms. The zero-order valence-corrected chi connectivity index (χ0v) is 22.7. The maximum atomic E-state index is 11.8. The van der Waals surface area contributed by atoms with E-state index in [-0.39, 0.29) is 5.41 Å². The Bertz CT molecular complexity index is 930. The van der Waals surface area contributed by atoms with E-state index in [2.05, 4.69) is 25.1 Å². The van der Waals surface area contributed by atoms with Crippen molar-refractivity contribution in [3.8, 4) is 5.75 Å². The number of aryl methyl sites for hydroxylation is 1. The zero-order chi connectivity index (χ0) is 25.4. The summed E-state index contributed by atoms with van der Waals surface area (Å²) in [6.45, 7) is 2.48. The van der Waals surface area contributed by atoms with Crippen LogP contribution in [-0.4, -0.2) is 28.9 Å². The van der Waals surface area contributed by atoms with Crippen LogP contribution >= 0.6 is 0 Å². The predicted molar refractivity (Wildman–Crippen MR) is 143 cm³/mol. The molecule has 36 heavy (non-hydrogen) atoms. The predicted octanol–water partition coefficient (Wildman–Crippen LogP) is 7.66. The van der Waals surface area contributed by atoms with Crippen LogP contribution in [0.1, 0.15) is 127 Å². The fourth-order valence-electron chi connectivity index (χ4n) is 9.69. The first-order chi connectivity index (χ1) is 17.3. The van der Waals surface area contributed by atoms with Crippen molar-refractivity contribution in [3.05, 3.63) is 29.3 Å². The number of ether oxygens (including phenoxy) is 1. The van der Waals surface area contributed by atoms with E-state index in [0.717, 1.165) is 37.9 Å². The van der Waals surface area contributed by atoms with Gasteiger partial charge in [-0.1, -0.05) is 57.9 Å². The Morgan fingerprint density at radius 3 is 2.33 bits per heavy atom. The van der Waals surface area contributed by atoms with Crippen molar-refractivity contribution in [3.63, 3.8) is 0 Å². The van der Waals surface area contributed by atoms with Crippen molar-refractivity contribution in [2.24, 2.45) is 22.7 Å². The number of aliphatic carboxylic acids is 1. The van der Waals surface area contributed by atoms with Gasteiger partial charge in [0.1, 0.15) is 5.75 Å². The molecule has 0 amide bonds. The molecule has 2 N–H and O–H groups in total. The second kappa shape index (κ2) is 10.3. The first-order valence-electron chi connectivity index (χ1n) is 14.9. The summed E-state index contributed by atoms with van der Waals surface area (Å²) in [4.78, 5) is 10.6. The second-order valence-electron chi connectivity index (χ2n) is 13.0. The molecule has 2 bridgehead atoms. The number of fused-ring (bicyclic) bond motifs is 3. The van der Waals surface area contributed by atoms with Crippen LogP contribution in [0.4, 0.5) is 0 Å². The third kappa shape index (κ3) is 4.29. The van der Waals surface area contributed by atoms with Crippen molar-refractivity contribution >= 4 is 5.97 Å². The van der Waals surface area contributed by atoms with Crippen molar-refractivity contribution < 1.29 is 19.7 Å². The van der Waals surface area contributed by atoms with E-state index in [1.807, 2.05) is 0 Å². The van der Waals surface area contributed by atoms with Crippen LogP contribution < -0.4 is 4.74 Å². The van der Waals surface area contributed by atoms with Crippen LogP contribution in [0, 0.1) is 22.7 Å². The number of hydrogen-bond donors (Lipinski definition) is 2. The summed E-state index contributed by atoms with van der Waals surface area (Å²) >= 11 is 0. The van der Waals surface area contributed by atoms with E-state index >= 15 is 0 Å². The summed E-state index contributed by atoms with van der Waals surface area (Å²) in [5.74, 6) is 2.34. The van der Waals surface area contributed by atoms with Crippen LogP contribution in [0.3, 0.4) is 0 Å². The molecule has 3 saturated carbocycles. The Kier molecular flexibility index (Phi) is 7.47. The molecule has 200 valence electrons. The van der Waals surface area contributed by atoms with Gasteiger partial charge in [-0.05, 0) is 104 Å². The molecule has 0 unspecified atom stereocenters. The van der Waals surface area contributed by atoms with Crippen LogP contribution in [-0.2, 0) is 11.2 Å². The van der Waals surface area contributed by atoms with E-state index in [0.29, 0.717) is 29.6 Å². The standard InChI is InChI=1S/C32H48O4/c1-30-22-24(11-9-7-5-3-4-6-8-10-12-28(33)34)29-26-15-14-25(36-2)21-23(26)13-16-27(29)31(30)17-19-32(30,35)20-18-31/h14-15,21,24,27,29,35H,3-13,16-20,22H2,1-2H3,(H,33,34)/t24-,27+,29+,30-,31?,32?/m0/s1. The maximum Gasteiger partial charge on any atom is 0.303 e. The number of carboxylic acids is 1. The van der Waals surface area contributed by atoms with Gasteiger partial charge >= 0.3 is 5.97 Å². The summed E-state index contributed by atoms with van der Waals surface area (Å²) in [6, 6.07) is 6.86. The number of carbonyl (C=O) groups is 1. The molecule has 0 radical (unpaired) electrons. The molecule has 4 heteroatoms. The van der Waals surface area contributed by atoms with Gasteiger partial charge in [-0.25, -0.2) is 0 Å². The maximum absolute atomic E-state index is 11.8. The summed E-state index contributed by atoms with van der Waals surface area (Å²) in [5, 5.41) is 20.5. The number of benzene rings is 1. The van der Waals surface area contributed by atoms with Gasteiger partial charge in [0.25, 0.3) is 0 Å². The van der Waals surface area contributed by atoms with Crippen LogP contribution in [0.15, 0.2) is 18.2 Å². The van der Waals surface area contributed by atoms with E-state index < -0.39 is 11.6 Å². The smallest absolute Gasteiger partial charge is 0.303 e. The highest BCUT2D eigenvalue weighted by Gasteiger charge is 2.74. The van der Waals surface area contributed by atoms with Gasteiger partial charge in [-0.2, -0.15) is 0 Å². The van der Waals surface area contributed by atoms with Gasteiger partial charge in [-0.3, -0.25) is 4.79 Å². The molecule has 4 atom stereocenters. The topological polar surface area (TPSA) is 66.8 Å². The van der Waals surface area contributed by atoms with Gasteiger partial charge in [-0.15, -0.1) is 0 Å². The lowest BCUT2D eigenvalue weighted by molar-refractivity contribution is -0.137. The molecule has 5 rings (SSSR count). The van der Waals surface area contributed by atoms with Crippen molar-refractivity contribution in [2.45, 2.75) is 128 Å². The summed E-state index contributed by atoms with van der Waals surface area (Å²) < 4.78 is 5.57. The summed E-state index contributed by atoms with van der Waals surface area (Å²) in [5.41, 5.74) is 3.09. The summed E-state index contributed by atoms with van der Waals surface area (Å²) in [7, 11) is 1.77. The number of unbranched alkanes of at least 4 members (excludes halogenated alkanes) is 7. The highest BCUT2D eigenvalue weighted by atomic mass is 16.5. The first kappa shape index (κ1) is 26.1. The third-order valence-corrected chi connectivity index (χ3v) is 11.6. The second-order valence-corrected chi connectivity index (χ2v) is 13.0. The molecule has 1 aromatic carbocycles. The van der Waals surface area contributed by atoms with Gasteiger partial charge < -0.3 is 14.9 Å². The molecule has 4 aliphatic carbocycles. The minimum Gasteiger partial charge on any atom is -0.497 e. The highest BCUT2D eigenvalue weighted by Crippen LogP contribution is 2.78. The Balaban J connectivity index is 1.24. The van der Waals surface area contributed by atoms with E-state index in [9.17, 15) is 9.90 Å². The first-order valence-corrected chi connectivity index (χ1v) is 14.9. The van der Waals surface area contributed by atoms with Crippen molar-refractivity contribution in [1.82, 2.24) is 0 Å². The number of aliphatic hydroxyl groups is 1. The van der Waals surface area contributed by atoms with E-state index in [4.69, 9.17) is 9.84 Å². The molecule has 4 nitrogen and oxygen atoms in total. The monoisotopic (exact) mass is 496 g/mol. The molecule has 1 aromatic rings. The molecule has 0 aromatic heterocycles. The minimum absolute atomic E-state index is 0.0890. The highest BCUT2D eigenvalue weighted by molar-refractivity contribution is 5.66. The Morgan fingerprint density at radius 2 is 1.67 bits per heavy atom. The average Bonchev–Trinajstić information content (AvgIpc) is 3.24. The van der Waals surface area contributed by atoms with Crippen molar-refractivity contribution in [1.29, 1.82) is 0 Å². The van der Waals surface area contributed by atoms with Gasteiger partial charge in [0.05, 0.1) is 12.7 Å². The molecule has 0 heterocycles. The SMILES string of the molecule is COc1ccc2c(c1)CC[C@@H]1[C@@H]2[C@@H](CCCCCCCCCCC(=O)O)C[C@]2(C)C3(O)CCC12CC3. The lowest BCUT2D eigenvalue weighted by atomic mass is 9.45. The quantitative estimate of drug-likeness (QED) is 0.292. The van der Waals surface area contributed by atoms with Gasteiger partial charge in [0, 0.05) is 11.8 Å². The molecule has 3 fully saturated rings. The molecule has 4 aliphatic rings. The van der Waals surface area contributed by atoms with Gasteiger partial charge in [0.15, 0.2) is 0 Å². The number of methoxy groups -OCH3 is 1. The fourth-order valence-corrected chi connectivity index (χ4v) is 9.69. The lowest BCUT2D eigenvalue weighted by Gasteiger charge is -2.59. The largest absolute Gasteiger partial charge is 0.497 e. The minimum atomic E-state index is -0.669. The van der Waals surface area contributed by atoms with Crippen LogP contribution in [0.5, 0.6) is 5.75 Å². The van der Waals surface area contributed by atoms with Gasteiger partial charge in [0.2, 0.25) is 0 Å². The number of carboxylic acid groups (broad SMARTS) is 1. The summed E-state index contributed by atoms with van der Waals surface area (Å²) in [6.07, 6.45) is 19.1. The van der Waals surface area contributed by atoms with Crippen LogP contribution in [0.25, 0.3) is 0 Å². The lowest BCUT2D eigenvalue weighted by Crippen LogP contribution is -2.54. The number of hydrogen-bond acceptors (Lipinski definition) is 3. The Hall–Kier alpha value is -1.55. The molecule has 0 saturated heterocycles. The molecular formula is C32H48O4. The molecule has 0 aliphatic heterocycles. The van der Waals surface area contributed by atoms with Crippen molar-refractivity contribution in [2.75, 3.05) is 7.11 Å². The normalized spacial score (nSPS) is 36.2. The van der Waals surface area contributed by atoms with E-state index in [1.165, 1.54) is 76.2 Å². The van der Waals surface area contributed by atoms with E-state index in [1.54, 1.807) is 12.7 Å². The Labute approximate surface area is 218 Å². The number of rotatable bonds is 12.